The summed E-state index contributed by atoms with van der Waals surface area (Å²) in [5.41, 5.74) is 2.08. The van der Waals surface area contributed by atoms with Crippen LogP contribution in [0.15, 0.2) is 36.7 Å². The highest BCUT2D eigenvalue weighted by Crippen LogP contribution is 2.12. The number of hydrogen-bond acceptors (Lipinski definition) is 3. The van der Waals surface area contributed by atoms with Crippen molar-refractivity contribution in [3.63, 3.8) is 0 Å². The molecule has 0 saturated heterocycles. The van der Waals surface area contributed by atoms with Gasteiger partial charge in [0.2, 0.25) is 0 Å². The van der Waals surface area contributed by atoms with Crippen LogP contribution in [0.3, 0.4) is 0 Å². The molecule has 6 heteroatoms. The van der Waals surface area contributed by atoms with E-state index in [0.29, 0.717) is 18.1 Å². The van der Waals surface area contributed by atoms with Gasteiger partial charge in [-0.25, -0.2) is 0 Å². The smallest absolute Gasteiger partial charge is 0.0847 e. The van der Waals surface area contributed by atoms with E-state index in [-0.39, 0.29) is 5.88 Å². The quantitative estimate of drug-likeness (QED) is 0.806. The first-order valence-electron chi connectivity index (χ1n) is 5.92. The number of aliphatic hydroxyl groups is 1. The Morgan fingerprint density at radius 3 is 2.63 bits per heavy atom. The van der Waals surface area contributed by atoms with E-state index in [0.717, 1.165) is 11.3 Å². The maximum atomic E-state index is 9.35. The summed E-state index contributed by atoms with van der Waals surface area (Å²) in [6.45, 7) is 1.12. The van der Waals surface area contributed by atoms with E-state index < -0.39 is 6.10 Å². The van der Waals surface area contributed by atoms with E-state index >= 15 is 0 Å². The first-order chi connectivity index (χ1) is 9.17. The normalized spacial score (nSPS) is 12.4. The Hall–Kier alpha value is -1.23. The lowest BCUT2D eigenvalue weighted by molar-refractivity contribution is 0.211. The molecule has 0 aliphatic carbocycles. The zero-order valence-electron chi connectivity index (χ0n) is 10.3. The molecule has 0 fully saturated rings. The molecule has 0 amide bonds. The highest BCUT2D eigenvalue weighted by Gasteiger charge is 2.02. The van der Waals surface area contributed by atoms with Gasteiger partial charge in [0, 0.05) is 18.4 Å². The van der Waals surface area contributed by atoms with Crippen LogP contribution < -0.4 is 5.32 Å². The number of benzene rings is 1. The van der Waals surface area contributed by atoms with Crippen molar-refractivity contribution in [3.8, 4) is 0 Å². The molecule has 1 heterocycles. The minimum Gasteiger partial charge on any atom is -0.390 e. The summed E-state index contributed by atoms with van der Waals surface area (Å²) in [4.78, 5) is 0. The topological polar surface area (TPSA) is 50.1 Å². The lowest BCUT2D eigenvalue weighted by Crippen LogP contribution is -2.20. The van der Waals surface area contributed by atoms with Gasteiger partial charge in [-0.05, 0) is 17.7 Å². The number of halogens is 2. The summed E-state index contributed by atoms with van der Waals surface area (Å²) in [6, 6.07) is 7.93. The second kappa shape index (κ2) is 6.80. The Morgan fingerprint density at radius 2 is 2.05 bits per heavy atom. The number of aliphatic hydroxyl groups excluding tert-OH is 1. The van der Waals surface area contributed by atoms with Crippen LogP contribution in [-0.4, -0.2) is 33.4 Å². The zero-order valence-corrected chi connectivity index (χ0v) is 11.8. The van der Waals surface area contributed by atoms with Crippen LogP contribution in [0.2, 0.25) is 5.02 Å². The van der Waals surface area contributed by atoms with Crippen molar-refractivity contribution in [2.24, 2.45) is 0 Å². The highest BCUT2D eigenvalue weighted by atomic mass is 35.5. The number of nitrogens with zero attached hydrogens (tertiary/aromatic N) is 2. The summed E-state index contributed by atoms with van der Waals surface area (Å²) >= 11 is 11.3. The third-order valence-electron chi connectivity index (χ3n) is 2.62. The van der Waals surface area contributed by atoms with Crippen molar-refractivity contribution in [2.45, 2.75) is 12.6 Å². The largest absolute Gasteiger partial charge is 0.390 e. The van der Waals surface area contributed by atoms with Crippen molar-refractivity contribution in [3.05, 3.63) is 47.2 Å². The fraction of sp³-hybridized carbons (Fsp3) is 0.308. The average molecular weight is 300 g/mol. The lowest BCUT2D eigenvalue weighted by atomic mass is 10.2. The number of alkyl halides is 1. The van der Waals surface area contributed by atoms with Crippen molar-refractivity contribution >= 4 is 28.9 Å². The predicted molar refractivity (Wildman–Crippen MR) is 78.0 cm³/mol. The Balaban J connectivity index is 1.91. The van der Waals surface area contributed by atoms with Gasteiger partial charge in [0.05, 0.1) is 29.7 Å². The van der Waals surface area contributed by atoms with E-state index in [1.807, 2.05) is 24.3 Å². The fourth-order valence-electron chi connectivity index (χ4n) is 1.63. The molecule has 0 spiro atoms. The third kappa shape index (κ3) is 4.42. The predicted octanol–water partition coefficient (Wildman–Crippen LogP) is 2.60. The lowest BCUT2D eigenvalue weighted by Gasteiger charge is -2.10. The molecule has 0 radical (unpaired) electrons. The van der Waals surface area contributed by atoms with Crippen LogP contribution in [0.25, 0.3) is 0 Å². The van der Waals surface area contributed by atoms with Gasteiger partial charge in [0.1, 0.15) is 0 Å². The van der Waals surface area contributed by atoms with Gasteiger partial charge in [-0.2, -0.15) is 5.10 Å². The van der Waals surface area contributed by atoms with Gasteiger partial charge < -0.3 is 10.4 Å². The first kappa shape index (κ1) is 14.2. The fourth-order valence-corrected chi connectivity index (χ4v) is 1.90. The van der Waals surface area contributed by atoms with E-state index in [1.165, 1.54) is 0 Å². The van der Waals surface area contributed by atoms with E-state index in [4.69, 9.17) is 23.2 Å². The Kier molecular flexibility index (Phi) is 5.07. The molecule has 0 aliphatic heterocycles. The Bertz CT molecular complexity index is 513. The molecule has 4 nitrogen and oxygen atoms in total. The van der Waals surface area contributed by atoms with Gasteiger partial charge in [0.15, 0.2) is 0 Å². The van der Waals surface area contributed by atoms with Crippen LogP contribution >= 0.6 is 23.2 Å². The van der Waals surface area contributed by atoms with Crippen LogP contribution in [-0.2, 0) is 6.54 Å². The molecule has 1 aromatic heterocycles. The average Bonchev–Trinajstić information content (AvgIpc) is 2.83. The molecule has 0 bridgehead atoms. The van der Waals surface area contributed by atoms with Gasteiger partial charge in [-0.3, -0.25) is 4.68 Å². The number of rotatable bonds is 6. The van der Waals surface area contributed by atoms with Gasteiger partial charge in [0.25, 0.3) is 0 Å². The third-order valence-corrected chi connectivity index (χ3v) is 3.17. The maximum Gasteiger partial charge on any atom is 0.0847 e. The minimum atomic E-state index is -0.535. The minimum absolute atomic E-state index is 0.227. The van der Waals surface area contributed by atoms with Crippen LogP contribution in [0, 0.1) is 0 Å². The van der Waals surface area contributed by atoms with Crippen molar-refractivity contribution in [2.75, 3.05) is 17.7 Å². The SMILES string of the molecule is OC(CCl)CNc1ccc(Cn2cc(Cl)cn2)cc1. The molecule has 102 valence electrons. The molecule has 19 heavy (non-hydrogen) atoms. The molecular weight excluding hydrogens is 285 g/mol. The molecule has 0 saturated carbocycles. The van der Waals surface area contributed by atoms with E-state index in [1.54, 1.807) is 17.1 Å². The zero-order chi connectivity index (χ0) is 13.7. The van der Waals surface area contributed by atoms with Crippen LogP contribution in [0.1, 0.15) is 5.56 Å². The van der Waals surface area contributed by atoms with Crippen molar-refractivity contribution < 1.29 is 5.11 Å². The van der Waals surface area contributed by atoms with Crippen molar-refractivity contribution in [1.29, 1.82) is 0 Å². The molecule has 1 aromatic carbocycles. The van der Waals surface area contributed by atoms with Gasteiger partial charge >= 0.3 is 0 Å². The molecule has 2 N–H and O–H groups in total. The molecule has 1 unspecified atom stereocenters. The Labute approximate surface area is 122 Å². The number of hydrogen-bond donors (Lipinski definition) is 2. The van der Waals surface area contributed by atoms with Crippen LogP contribution in [0.4, 0.5) is 5.69 Å². The monoisotopic (exact) mass is 299 g/mol. The maximum absolute atomic E-state index is 9.35. The highest BCUT2D eigenvalue weighted by molar-refractivity contribution is 6.30. The summed E-state index contributed by atoms with van der Waals surface area (Å²) in [5.74, 6) is 0.227. The van der Waals surface area contributed by atoms with Gasteiger partial charge in [-0.15, -0.1) is 11.6 Å². The molecular formula is C13H15Cl2N3O. The summed E-state index contributed by atoms with van der Waals surface area (Å²) in [5, 5.41) is 17.2. The molecule has 2 aromatic rings. The second-order valence-corrected chi connectivity index (χ2v) is 4.99. The summed E-state index contributed by atoms with van der Waals surface area (Å²) in [6.07, 6.45) is 2.86. The van der Waals surface area contributed by atoms with Gasteiger partial charge in [-0.1, -0.05) is 23.7 Å². The standard InChI is InChI=1S/C13H15Cl2N3O/c14-5-13(19)7-16-12-3-1-10(2-4-12)8-18-9-11(15)6-17-18/h1-4,6,9,13,16,19H,5,7-8H2. The number of aromatic nitrogens is 2. The van der Waals surface area contributed by atoms with E-state index in [9.17, 15) is 5.11 Å². The Morgan fingerprint density at radius 1 is 1.32 bits per heavy atom. The van der Waals surface area contributed by atoms with Crippen molar-refractivity contribution in [1.82, 2.24) is 9.78 Å². The summed E-state index contributed by atoms with van der Waals surface area (Å²) < 4.78 is 1.78. The second-order valence-electron chi connectivity index (χ2n) is 4.24. The summed E-state index contributed by atoms with van der Waals surface area (Å²) in [7, 11) is 0. The molecule has 1 atom stereocenters. The van der Waals surface area contributed by atoms with E-state index in [2.05, 4.69) is 10.4 Å². The molecule has 2 rings (SSSR count). The first-order valence-corrected chi connectivity index (χ1v) is 6.83. The number of nitrogens with one attached hydrogen (secondary N) is 1. The van der Waals surface area contributed by atoms with Crippen LogP contribution in [0.5, 0.6) is 0 Å². The number of anilines is 1. The molecule has 0 aliphatic rings.